The predicted octanol–water partition coefficient (Wildman–Crippen LogP) is 3.19. The Hall–Kier alpha value is -2.09. The number of nitrogens with one attached hydrogen (secondary N) is 1. The second-order valence-corrected chi connectivity index (χ2v) is 6.94. The van der Waals surface area contributed by atoms with E-state index in [1.54, 1.807) is 11.9 Å². The van der Waals surface area contributed by atoms with Crippen LogP contribution in [0.1, 0.15) is 26.6 Å². The summed E-state index contributed by atoms with van der Waals surface area (Å²) >= 11 is 1.20. The van der Waals surface area contributed by atoms with Gasteiger partial charge < -0.3 is 10.2 Å². The molecule has 0 unspecified atom stereocenters. The van der Waals surface area contributed by atoms with E-state index in [1.165, 1.54) is 11.5 Å². The highest BCUT2D eigenvalue weighted by molar-refractivity contribution is 7.09. The van der Waals surface area contributed by atoms with Crippen molar-refractivity contribution >= 4 is 28.3 Å². The highest BCUT2D eigenvalue weighted by Gasteiger charge is 2.21. The van der Waals surface area contributed by atoms with Crippen molar-refractivity contribution < 1.29 is 13.6 Å². The topological polar surface area (TPSA) is 58.1 Å². The maximum absolute atomic E-state index is 13.1. The van der Waals surface area contributed by atoms with Gasteiger partial charge in [0.05, 0.1) is 6.54 Å². The molecule has 1 aromatic carbocycles. The van der Waals surface area contributed by atoms with Gasteiger partial charge in [0.25, 0.3) is 0 Å². The first kappa shape index (κ1) is 17.3. The molecule has 0 fully saturated rings. The summed E-state index contributed by atoms with van der Waals surface area (Å²) in [6.45, 7) is 6.01. The molecule has 124 valence electrons. The van der Waals surface area contributed by atoms with Crippen molar-refractivity contribution in [2.24, 2.45) is 0 Å². The Morgan fingerprint density at radius 2 is 1.87 bits per heavy atom. The highest BCUT2D eigenvalue weighted by Crippen LogP contribution is 2.24. The summed E-state index contributed by atoms with van der Waals surface area (Å²) < 4.78 is 30.5. The second-order valence-electron chi connectivity index (χ2n) is 6.21. The van der Waals surface area contributed by atoms with E-state index >= 15 is 0 Å². The number of nitrogens with zero attached hydrogens (tertiary/aromatic N) is 3. The first-order chi connectivity index (χ1) is 10.6. The number of amides is 1. The average Bonchev–Trinajstić information content (AvgIpc) is 2.86. The number of anilines is 2. The van der Waals surface area contributed by atoms with Crippen molar-refractivity contribution in [3.8, 4) is 0 Å². The maximum atomic E-state index is 13.1. The molecule has 1 amide bonds. The van der Waals surface area contributed by atoms with Crippen LogP contribution in [-0.4, -0.2) is 28.9 Å². The number of benzene rings is 1. The molecule has 0 aliphatic carbocycles. The lowest BCUT2D eigenvalue weighted by atomic mass is 9.96. The fourth-order valence-electron chi connectivity index (χ4n) is 1.78. The lowest BCUT2D eigenvalue weighted by Gasteiger charge is -2.16. The Morgan fingerprint density at radius 1 is 1.26 bits per heavy atom. The molecule has 0 atom stereocenters. The van der Waals surface area contributed by atoms with Crippen molar-refractivity contribution in [3.63, 3.8) is 0 Å². The normalized spacial score (nSPS) is 11.4. The van der Waals surface area contributed by atoms with Crippen LogP contribution in [0, 0.1) is 11.6 Å². The van der Waals surface area contributed by atoms with Crippen LogP contribution in [0.5, 0.6) is 0 Å². The van der Waals surface area contributed by atoms with Crippen molar-refractivity contribution in [2.45, 2.75) is 26.2 Å². The third-order valence-electron chi connectivity index (χ3n) is 2.94. The van der Waals surface area contributed by atoms with Crippen LogP contribution in [0.4, 0.5) is 19.6 Å². The van der Waals surface area contributed by atoms with E-state index in [-0.39, 0.29) is 17.6 Å². The minimum absolute atomic E-state index is 0.00307. The quantitative estimate of drug-likeness (QED) is 0.929. The molecule has 0 saturated carbocycles. The number of rotatable bonds is 4. The van der Waals surface area contributed by atoms with Gasteiger partial charge in [-0.05, 0) is 12.1 Å². The molecule has 0 saturated heterocycles. The molecule has 0 aliphatic heterocycles. The smallest absolute Gasteiger partial charge is 0.243 e. The first-order valence-corrected chi connectivity index (χ1v) is 7.74. The molecule has 0 radical (unpaired) electrons. The molecule has 1 aromatic heterocycles. The molecular formula is C15H18F2N4OS. The minimum Gasteiger partial charge on any atom is -0.341 e. The third-order valence-corrected chi connectivity index (χ3v) is 3.77. The van der Waals surface area contributed by atoms with Crippen LogP contribution >= 0.6 is 11.5 Å². The summed E-state index contributed by atoms with van der Waals surface area (Å²) in [7, 11) is 1.71. The Morgan fingerprint density at radius 3 is 2.39 bits per heavy atom. The fourth-order valence-corrected chi connectivity index (χ4v) is 2.60. The zero-order valence-corrected chi connectivity index (χ0v) is 14.2. The summed E-state index contributed by atoms with van der Waals surface area (Å²) in [4.78, 5) is 18.0. The number of likely N-dealkylation sites (N-methyl/N-ethyl adjacent to an activating group) is 1. The maximum Gasteiger partial charge on any atom is 0.243 e. The number of halogens is 2. The molecular weight excluding hydrogens is 322 g/mol. The van der Waals surface area contributed by atoms with Crippen molar-refractivity contribution in [2.75, 3.05) is 23.8 Å². The largest absolute Gasteiger partial charge is 0.341 e. The molecule has 2 aromatic rings. The lowest BCUT2D eigenvalue weighted by Crippen LogP contribution is -2.30. The van der Waals surface area contributed by atoms with Gasteiger partial charge in [0, 0.05) is 35.7 Å². The van der Waals surface area contributed by atoms with Crippen LogP contribution in [-0.2, 0) is 10.2 Å². The van der Waals surface area contributed by atoms with Crippen LogP contribution < -0.4 is 10.2 Å². The highest BCUT2D eigenvalue weighted by atomic mass is 32.1. The zero-order chi connectivity index (χ0) is 17.2. The van der Waals surface area contributed by atoms with Gasteiger partial charge in [0.2, 0.25) is 11.0 Å². The molecule has 2 rings (SSSR count). The van der Waals surface area contributed by atoms with Gasteiger partial charge in [0.1, 0.15) is 17.5 Å². The fraction of sp³-hybridized carbons (Fsp3) is 0.400. The number of carbonyl (C=O) groups is 1. The third kappa shape index (κ3) is 4.69. The molecule has 0 spiro atoms. The lowest BCUT2D eigenvalue weighted by molar-refractivity contribution is -0.114. The summed E-state index contributed by atoms with van der Waals surface area (Å²) in [5.74, 6) is -1.18. The van der Waals surface area contributed by atoms with Gasteiger partial charge in [-0.3, -0.25) is 4.79 Å². The predicted molar refractivity (Wildman–Crippen MR) is 86.9 cm³/mol. The summed E-state index contributed by atoms with van der Waals surface area (Å²) in [6.07, 6.45) is 0. The van der Waals surface area contributed by atoms with Gasteiger partial charge >= 0.3 is 0 Å². The van der Waals surface area contributed by atoms with E-state index in [9.17, 15) is 13.6 Å². The summed E-state index contributed by atoms with van der Waals surface area (Å²) in [5.41, 5.74) is -0.0923. The zero-order valence-electron chi connectivity index (χ0n) is 13.4. The Balaban J connectivity index is 2.00. The standard InChI is InChI=1S/C15H18F2N4OS/c1-15(2,3)13-19-14(23-20-13)21(4)8-12(22)18-11-6-9(16)5-10(17)7-11/h5-7H,8H2,1-4H3,(H,18,22). The molecule has 0 aliphatic rings. The molecule has 1 heterocycles. The van der Waals surface area contributed by atoms with E-state index in [1.807, 2.05) is 20.8 Å². The Kier molecular flexibility index (Phi) is 4.93. The number of hydrogen-bond donors (Lipinski definition) is 1. The summed E-state index contributed by atoms with van der Waals surface area (Å²) in [6, 6.07) is 2.87. The Labute approximate surface area is 137 Å². The first-order valence-electron chi connectivity index (χ1n) is 6.96. The van der Waals surface area contributed by atoms with Gasteiger partial charge in [-0.25, -0.2) is 13.8 Å². The minimum atomic E-state index is -0.743. The molecule has 5 nitrogen and oxygen atoms in total. The van der Waals surface area contributed by atoms with E-state index in [0.717, 1.165) is 18.2 Å². The van der Waals surface area contributed by atoms with Gasteiger partial charge in [-0.1, -0.05) is 20.8 Å². The van der Waals surface area contributed by atoms with E-state index in [2.05, 4.69) is 14.7 Å². The average molecular weight is 340 g/mol. The molecule has 23 heavy (non-hydrogen) atoms. The van der Waals surface area contributed by atoms with E-state index < -0.39 is 17.5 Å². The van der Waals surface area contributed by atoms with Crippen molar-refractivity contribution in [1.29, 1.82) is 0 Å². The second kappa shape index (κ2) is 6.57. The SMILES string of the molecule is CN(CC(=O)Nc1cc(F)cc(F)c1)c1nc(C(C)(C)C)ns1. The molecule has 8 heteroatoms. The Bertz CT molecular complexity index is 691. The van der Waals surface area contributed by atoms with Crippen LogP contribution in [0.2, 0.25) is 0 Å². The van der Waals surface area contributed by atoms with Gasteiger partial charge in [-0.2, -0.15) is 4.37 Å². The van der Waals surface area contributed by atoms with Gasteiger partial charge in [0.15, 0.2) is 0 Å². The van der Waals surface area contributed by atoms with Crippen LogP contribution in [0.15, 0.2) is 18.2 Å². The van der Waals surface area contributed by atoms with E-state index in [4.69, 9.17) is 0 Å². The van der Waals surface area contributed by atoms with Crippen molar-refractivity contribution in [3.05, 3.63) is 35.7 Å². The number of aromatic nitrogens is 2. The van der Waals surface area contributed by atoms with Crippen LogP contribution in [0.3, 0.4) is 0 Å². The molecule has 0 bridgehead atoms. The molecule has 1 N–H and O–H groups in total. The van der Waals surface area contributed by atoms with E-state index in [0.29, 0.717) is 11.0 Å². The van der Waals surface area contributed by atoms with Crippen molar-refractivity contribution in [1.82, 2.24) is 9.36 Å². The number of carbonyl (C=O) groups excluding carboxylic acids is 1. The van der Waals surface area contributed by atoms with Gasteiger partial charge in [-0.15, -0.1) is 0 Å². The van der Waals surface area contributed by atoms with Crippen LogP contribution in [0.25, 0.3) is 0 Å². The monoisotopic (exact) mass is 340 g/mol. The summed E-state index contributed by atoms with van der Waals surface area (Å²) in [5, 5.41) is 3.06. The number of hydrogen-bond acceptors (Lipinski definition) is 5.